The first kappa shape index (κ1) is 15.5. The molecule has 102 valence electrons. The van der Waals surface area contributed by atoms with Crippen molar-refractivity contribution in [2.75, 3.05) is 6.54 Å². The van der Waals surface area contributed by atoms with Crippen LogP contribution < -0.4 is 5.32 Å². The third-order valence-electron chi connectivity index (χ3n) is 3.36. The van der Waals surface area contributed by atoms with Gasteiger partial charge in [-0.3, -0.25) is 0 Å². The van der Waals surface area contributed by atoms with Crippen molar-refractivity contribution in [2.45, 2.75) is 46.6 Å². The molecule has 0 saturated heterocycles. The van der Waals surface area contributed by atoms with E-state index in [0.717, 1.165) is 17.5 Å². The highest BCUT2D eigenvalue weighted by Crippen LogP contribution is 2.23. The van der Waals surface area contributed by atoms with Crippen molar-refractivity contribution in [3.8, 4) is 0 Å². The fourth-order valence-corrected chi connectivity index (χ4v) is 2.46. The van der Waals surface area contributed by atoms with E-state index >= 15 is 0 Å². The van der Waals surface area contributed by atoms with E-state index in [1.807, 2.05) is 12.1 Å². The number of benzene rings is 1. The second-order valence-electron chi connectivity index (χ2n) is 5.58. The lowest BCUT2D eigenvalue weighted by atomic mass is 9.95. The van der Waals surface area contributed by atoms with E-state index in [0.29, 0.717) is 12.0 Å². The molecule has 18 heavy (non-hydrogen) atoms. The molecule has 0 saturated carbocycles. The Kier molecular flexibility index (Phi) is 6.73. The van der Waals surface area contributed by atoms with Gasteiger partial charge in [-0.05, 0) is 42.5 Å². The Morgan fingerprint density at radius 3 is 2.22 bits per heavy atom. The number of rotatable bonds is 7. The van der Waals surface area contributed by atoms with Gasteiger partial charge in [0, 0.05) is 11.1 Å². The molecular formula is C16H26ClN. The Morgan fingerprint density at radius 2 is 1.72 bits per heavy atom. The van der Waals surface area contributed by atoms with E-state index in [1.165, 1.54) is 18.4 Å². The summed E-state index contributed by atoms with van der Waals surface area (Å²) < 4.78 is 0. The zero-order valence-electron chi connectivity index (χ0n) is 12.0. The summed E-state index contributed by atoms with van der Waals surface area (Å²) in [4.78, 5) is 0. The van der Waals surface area contributed by atoms with Crippen LogP contribution in [0.2, 0.25) is 5.02 Å². The van der Waals surface area contributed by atoms with Crippen LogP contribution in [-0.2, 0) is 0 Å². The van der Waals surface area contributed by atoms with Crippen LogP contribution >= 0.6 is 11.6 Å². The van der Waals surface area contributed by atoms with Crippen molar-refractivity contribution in [1.29, 1.82) is 0 Å². The standard InChI is InChI=1S/C16H26ClN/c1-5-6-13(4)11-18-16(12(2)3)14-7-9-15(17)10-8-14/h7-10,12-13,16,18H,5-6,11H2,1-4H3. The Labute approximate surface area is 117 Å². The molecule has 1 N–H and O–H groups in total. The zero-order chi connectivity index (χ0) is 13.5. The summed E-state index contributed by atoms with van der Waals surface area (Å²) in [5.74, 6) is 1.32. The summed E-state index contributed by atoms with van der Waals surface area (Å²) in [6, 6.07) is 8.63. The highest BCUT2D eigenvalue weighted by atomic mass is 35.5. The number of halogens is 1. The first-order valence-electron chi connectivity index (χ1n) is 7.03. The number of nitrogens with one attached hydrogen (secondary N) is 1. The highest BCUT2D eigenvalue weighted by Gasteiger charge is 2.15. The number of hydrogen-bond acceptors (Lipinski definition) is 1. The molecule has 0 aliphatic heterocycles. The minimum Gasteiger partial charge on any atom is -0.309 e. The number of hydrogen-bond donors (Lipinski definition) is 1. The van der Waals surface area contributed by atoms with Crippen molar-refractivity contribution < 1.29 is 0 Å². The van der Waals surface area contributed by atoms with Crippen LogP contribution in [0.3, 0.4) is 0 Å². The maximum atomic E-state index is 5.94. The lowest BCUT2D eigenvalue weighted by molar-refractivity contribution is 0.369. The first-order valence-corrected chi connectivity index (χ1v) is 7.41. The van der Waals surface area contributed by atoms with Gasteiger partial charge in [0.1, 0.15) is 0 Å². The summed E-state index contributed by atoms with van der Waals surface area (Å²) in [7, 11) is 0. The molecular weight excluding hydrogens is 242 g/mol. The molecule has 0 aromatic heterocycles. The molecule has 1 rings (SSSR count). The quantitative estimate of drug-likeness (QED) is 0.728. The summed E-state index contributed by atoms with van der Waals surface area (Å²) >= 11 is 5.94. The molecule has 0 spiro atoms. The highest BCUT2D eigenvalue weighted by molar-refractivity contribution is 6.30. The largest absolute Gasteiger partial charge is 0.309 e. The van der Waals surface area contributed by atoms with Crippen LogP contribution in [0.1, 0.15) is 52.1 Å². The second-order valence-corrected chi connectivity index (χ2v) is 6.01. The third-order valence-corrected chi connectivity index (χ3v) is 3.62. The van der Waals surface area contributed by atoms with Gasteiger partial charge >= 0.3 is 0 Å². The van der Waals surface area contributed by atoms with Crippen LogP contribution in [0, 0.1) is 11.8 Å². The van der Waals surface area contributed by atoms with Gasteiger partial charge in [0.05, 0.1) is 0 Å². The molecule has 1 aromatic carbocycles. The van der Waals surface area contributed by atoms with E-state index in [4.69, 9.17) is 11.6 Å². The molecule has 0 fully saturated rings. The van der Waals surface area contributed by atoms with Crippen LogP contribution in [0.15, 0.2) is 24.3 Å². The average molecular weight is 268 g/mol. The predicted molar refractivity (Wildman–Crippen MR) is 81.1 cm³/mol. The van der Waals surface area contributed by atoms with Crippen molar-refractivity contribution >= 4 is 11.6 Å². The molecule has 0 amide bonds. The third kappa shape index (κ3) is 4.99. The smallest absolute Gasteiger partial charge is 0.0406 e. The first-order chi connectivity index (χ1) is 8.54. The van der Waals surface area contributed by atoms with E-state index in [1.54, 1.807) is 0 Å². The summed E-state index contributed by atoms with van der Waals surface area (Å²) in [5.41, 5.74) is 1.33. The van der Waals surface area contributed by atoms with Crippen LogP contribution in [0.4, 0.5) is 0 Å². The van der Waals surface area contributed by atoms with E-state index < -0.39 is 0 Å². The molecule has 0 radical (unpaired) electrons. The fourth-order valence-electron chi connectivity index (χ4n) is 2.33. The van der Waals surface area contributed by atoms with Gasteiger partial charge in [0.2, 0.25) is 0 Å². The van der Waals surface area contributed by atoms with Gasteiger partial charge < -0.3 is 5.32 Å². The average Bonchev–Trinajstić information content (AvgIpc) is 2.31. The topological polar surface area (TPSA) is 12.0 Å². The minimum absolute atomic E-state index is 0.418. The minimum atomic E-state index is 0.418. The summed E-state index contributed by atoms with van der Waals surface area (Å²) in [6.07, 6.45) is 2.55. The lowest BCUT2D eigenvalue weighted by Gasteiger charge is -2.25. The molecule has 1 aromatic rings. The molecule has 2 heteroatoms. The normalized spacial score (nSPS) is 14.8. The molecule has 0 heterocycles. The van der Waals surface area contributed by atoms with Crippen molar-refractivity contribution in [3.05, 3.63) is 34.9 Å². The van der Waals surface area contributed by atoms with Gasteiger partial charge in [-0.15, -0.1) is 0 Å². The molecule has 1 nitrogen and oxygen atoms in total. The van der Waals surface area contributed by atoms with Crippen LogP contribution in [0.5, 0.6) is 0 Å². The van der Waals surface area contributed by atoms with Gasteiger partial charge in [0.25, 0.3) is 0 Å². The van der Waals surface area contributed by atoms with Crippen molar-refractivity contribution in [1.82, 2.24) is 5.32 Å². The van der Waals surface area contributed by atoms with Crippen LogP contribution in [0.25, 0.3) is 0 Å². The Hall–Kier alpha value is -0.530. The Balaban J connectivity index is 2.63. The Morgan fingerprint density at radius 1 is 1.11 bits per heavy atom. The lowest BCUT2D eigenvalue weighted by Crippen LogP contribution is -2.29. The van der Waals surface area contributed by atoms with E-state index in [2.05, 4.69) is 45.1 Å². The predicted octanol–water partition coefficient (Wildman–Crippen LogP) is 5.06. The van der Waals surface area contributed by atoms with E-state index in [9.17, 15) is 0 Å². The molecule has 0 aliphatic rings. The molecule has 2 unspecified atom stereocenters. The fraction of sp³-hybridized carbons (Fsp3) is 0.625. The van der Waals surface area contributed by atoms with Crippen LogP contribution in [-0.4, -0.2) is 6.54 Å². The van der Waals surface area contributed by atoms with Crippen molar-refractivity contribution in [3.63, 3.8) is 0 Å². The Bertz CT molecular complexity index is 331. The van der Waals surface area contributed by atoms with Gasteiger partial charge in [-0.25, -0.2) is 0 Å². The molecule has 2 atom stereocenters. The van der Waals surface area contributed by atoms with E-state index in [-0.39, 0.29) is 0 Å². The molecule has 0 bridgehead atoms. The zero-order valence-corrected chi connectivity index (χ0v) is 12.8. The second kappa shape index (κ2) is 7.81. The molecule has 0 aliphatic carbocycles. The maximum absolute atomic E-state index is 5.94. The monoisotopic (exact) mass is 267 g/mol. The van der Waals surface area contributed by atoms with Crippen molar-refractivity contribution in [2.24, 2.45) is 11.8 Å². The van der Waals surface area contributed by atoms with Gasteiger partial charge in [-0.2, -0.15) is 0 Å². The maximum Gasteiger partial charge on any atom is 0.0406 e. The van der Waals surface area contributed by atoms with Gasteiger partial charge in [-0.1, -0.05) is 57.8 Å². The summed E-state index contributed by atoms with van der Waals surface area (Å²) in [5, 5.41) is 4.50. The summed E-state index contributed by atoms with van der Waals surface area (Å²) in [6.45, 7) is 10.2. The SMILES string of the molecule is CCCC(C)CNC(c1ccc(Cl)cc1)C(C)C. The van der Waals surface area contributed by atoms with Gasteiger partial charge in [0.15, 0.2) is 0 Å².